The first-order valence-corrected chi connectivity index (χ1v) is 6.13. The summed E-state index contributed by atoms with van der Waals surface area (Å²) >= 11 is 2.91. The second-order valence-corrected chi connectivity index (χ2v) is 5.14. The smallest absolute Gasteiger partial charge is 0.260 e. The Morgan fingerprint density at radius 1 is 1.67 bits per heavy atom. The molecule has 2 aromatic heterocycles. The zero-order chi connectivity index (χ0) is 10.8. The molecule has 80 valence electrons. The van der Waals surface area contributed by atoms with Gasteiger partial charge in [-0.1, -0.05) is 11.8 Å². The molecule has 4 nitrogen and oxygen atoms in total. The highest BCUT2D eigenvalue weighted by Crippen LogP contribution is 2.22. The Balaban J connectivity index is 2.47. The molecule has 6 heteroatoms. The average molecular weight is 242 g/mol. The van der Waals surface area contributed by atoms with E-state index < -0.39 is 0 Å². The van der Waals surface area contributed by atoms with Crippen LogP contribution in [0.5, 0.6) is 0 Å². The van der Waals surface area contributed by atoms with Crippen molar-refractivity contribution in [2.24, 2.45) is 0 Å². The lowest BCUT2D eigenvalue weighted by Gasteiger charge is -1.98. The third kappa shape index (κ3) is 2.22. The number of nitrogens with one attached hydrogen (secondary N) is 1. The largest absolute Gasteiger partial charge is 0.374 e. The van der Waals surface area contributed by atoms with E-state index in [4.69, 9.17) is 4.74 Å². The molecule has 0 spiro atoms. The fraction of sp³-hybridized carbons (Fsp3) is 0.333. The number of nitrogens with zero attached hydrogens (tertiary/aromatic N) is 1. The number of ether oxygens (including phenoxy) is 1. The number of thiophene rings is 1. The van der Waals surface area contributed by atoms with Gasteiger partial charge in [-0.25, -0.2) is 4.98 Å². The van der Waals surface area contributed by atoms with Crippen LogP contribution < -0.4 is 5.56 Å². The number of hydrogen-bond acceptors (Lipinski definition) is 5. The van der Waals surface area contributed by atoms with Crippen LogP contribution in [0.25, 0.3) is 10.2 Å². The lowest BCUT2D eigenvalue weighted by molar-refractivity contribution is 0.258. The van der Waals surface area contributed by atoms with Crippen molar-refractivity contribution in [2.45, 2.75) is 12.1 Å². The Morgan fingerprint density at radius 2 is 2.47 bits per heavy atom. The highest BCUT2D eigenvalue weighted by Gasteiger charge is 2.06. The van der Waals surface area contributed by atoms with Gasteiger partial charge in [0, 0.05) is 12.0 Å². The van der Waals surface area contributed by atoms with E-state index in [9.17, 15) is 4.79 Å². The summed E-state index contributed by atoms with van der Waals surface area (Å²) in [6, 6.07) is 1.86. The number of rotatable bonds is 3. The van der Waals surface area contributed by atoms with Crippen LogP contribution in [-0.2, 0) is 4.74 Å². The number of aromatic amines is 1. The van der Waals surface area contributed by atoms with Gasteiger partial charge in [0.15, 0.2) is 5.16 Å². The Kier molecular flexibility index (Phi) is 3.08. The molecule has 0 unspecified atom stereocenters. The standard InChI is InChI=1S/C9H10N2O2S2/c1-5-3-6-7(12)10-9(14-4-13-2)11-8(6)15-5/h3H,4H2,1-2H3,(H,10,11,12). The minimum Gasteiger partial charge on any atom is -0.374 e. The zero-order valence-corrected chi connectivity index (χ0v) is 10.00. The van der Waals surface area contributed by atoms with E-state index in [-0.39, 0.29) is 5.56 Å². The number of aromatic nitrogens is 2. The van der Waals surface area contributed by atoms with Gasteiger partial charge in [-0.3, -0.25) is 4.79 Å². The number of H-pyrrole nitrogens is 1. The maximum Gasteiger partial charge on any atom is 0.260 e. The Hall–Kier alpha value is -0.850. The quantitative estimate of drug-likeness (QED) is 0.508. The fourth-order valence-electron chi connectivity index (χ4n) is 1.22. The average Bonchev–Trinajstić information content (AvgIpc) is 2.56. The van der Waals surface area contributed by atoms with Crippen LogP contribution in [0, 0.1) is 6.92 Å². The van der Waals surface area contributed by atoms with Crippen molar-refractivity contribution in [3.63, 3.8) is 0 Å². The van der Waals surface area contributed by atoms with Crippen LogP contribution in [0.3, 0.4) is 0 Å². The maximum atomic E-state index is 11.6. The molecule has 1 N–H and O–H groups in total. The molecule has 2 aromatic rings. The molecule has 0 aliphatic rings. The lowest BCUT2D eigenvalue weighted by atomic mass is 10.4. The zero-order valence-electron chi connectivity index (χ0n) is 8.36. The molecule has 0 aliphatic heterocycles. The number of fused-ring (bicyclic) bond motifs is 1. The molecule has 0 saturated heterocycles. The van der Waals surface area contributed by atoms with Gasteiger partial charge in [0.25, 0.3) is 5.56 Å². The van der Waals surface area contributed by atoms with E-state index in [2.05, 4.69) is 9.97 Å². The highest BCUT2D eigenvalue weighted by molar-refractivity contribution is 7.99. The molecule has 0 radical (unpaired) electrons. The maximum absolute atomic E-state index is 11.6. The van der Waals surface area contributed by atoms with Crippen molar-refractivity contribution < 1.29 is 4.74 Å². The third-order valence-electron chi connectivity index (χ3n) is 1.82. The van der Waals surface area contributed by atoms with Gasteiger partial charge in [0.05, 0.1) is 11.3 Å². The van der Waals surface area contributed by atoms with E-state index in [0.717, 1.165) is 9.71 Å². The molecule has 0 fully saturated rings. The monoisotopic (exact) mass is 242 g/mol. The van der Waals surface area contributed by atoms with Crippen molar-refractivity contribution in [2.75, 3.05) is 13.0 Å². The fourth-order valence-corrected chi connectivity index (χ4v) is 2.70. The third-order valence-corrected chi connectivity index (χ3v) is 3.58. The molecule has 2 rings (SSSR count). The molecule has 0 atom stereocenters. The van der Waals surface area contributed by atoms with Crippen molar-refractivity contribution in [3.05, 3.63) is 21.3 Å². The normalized spacial score (nSPS) is 11.1. The molecule has 15 heavy (non-hydrogen) atoms. The lowest BCUT2D eigenvalue weighted by Crippen LogP contribution is -2.07. The Bertz CT molecular complexity index is 532. The summed E-state index contributed by atoms with van der Waals surface area (Å²) in [4.78, 5) is 20.6. The summed E-state index contributed by atoms with van der Waals surface area (Å²) < 4.78 is 4.91. The predicted molar refractivity (Wildman–Crippen MR) is 62.7 cm³/mol. The van der Waals surface area contributed by atoms with Crippen molar-refractivity contribution in [1.82, 2.24) is 9.97 Å². The summed E-state index contributed by atoms with van der Waals surface area (Å²) in [5.41, 5.74) is -0.0806. The Labute approximate surface area is 94.7 Å². The first-order valence-electron chi connectivity index (χ1n) is 4.33. The number of methoxy groups -OCH3 is 1. The van der Waals surface area contributed by atoms with Gasteiger partial charge in [0.1, 0.15) is 4.83 Å². The van der Waals surface area contributed by atoms with Gasteiger partial charge in [-0.05, 0) is 13.0 Å². The first kappa shape index (κ1) is 10.7. The number of aryl methyl sites for hydroxylation is 1. The first-order chi connectivity index (χ1) is 7.20. The van der Waals surface area contributed by atoms with Crippen molar-refractivity contribution in [1.29, 1.82) is 0 Å². The summed E-state index contributed by atoms with van der Waals surface area (Å²) in [6.45, 7) is 1.97. The van der Waals surface area contributed by atoms with E-state index in [1.807, 2.05) is 13.0 Å². The van der Waals surface area contributed by atoms with Crippen LogP contribution in [0.2, 0.25) is 0 Å². The molecular formula is C9H10N2O2S2. The minimum absolute atomic E-state index is 0.0806. The topological polar surface area (TPSA) is 55.0 Å². The summed E-state index contributed by atoms with van der Waals surface area (Å²) in [5, 5.41) is 1.27. The van der Waals surface area contributed by atoms with Crippen molar-refractivity contribution in [3.8, 4) is 0 Å². The van der Waals surface area contributed by atoms with E-state index in [0.29, 0.717) is 16.5 Å². The molecule has 0 aliphatic carbocycles. The van der Waals surface area contributed by atoms with Gasteiger partial charge in [-0.15, -0.1) is 11.3 Å². The van der Waals surface area contributed by atoms with Gasteiger partial charge in [0.2, 0.25) is 0 Å². The van der Waals surface area contributed by atoms with Crippen LogP contribution in [0.1, 0.15) is 4.88 Å². The SMILES string of the molecule is COCSc1nc2sc(C)cc2c(=O)[nH]1. The molecule has 2 heterocycles. The number of thioether (sulfide) groups is 1. The molecule has 0 saturated carbocycles. The van der Waals surface area contributed by atoms with Crippen LogP contribution >= 0.6 is 23.1 Å². The van der Waals surface area contributed by atoms with Crippen LogP contribution in [-0.4, -0.2) is 23.0 Å². The number of hydrogen-bond donors (Lipinski definition) is 1. The predicted octanol–water partition coefficient (Wildman–Crippen LogP) is 1.99. The van der Waals surface area contributed by atoms with E-state index in [1.165, 1.54) is 23.1 Å². The summed E-state index contributed by atoms with van der Waals surface area (Å²) in [5.74, 6) is 0.485. The van der Waals surface area contributed by atoms with Crippen LogP contribution in [0.15, 0.2) is 16.0 Å². The second-order valence-electron chi connectivity index (χ2n) is 3.00. The van der Waals surface area contributed by atoms with E-state index >= 15 is 0 Å². The van der Waals surface area contributed by atoms with Gasteiger partial charge in [-0.2, -0.15) is 0 Å². The molecule has 0 aromatic carbocycles. The van der Waals surface area contributed by atoms with Crippen molar-refractivity contribution >= 4 is 33.3 Å². The summed E-state index contributed by atoms with van der Waals surface area (Å²) in [6.07, 6.45) is 0. The second kappa shape index (κ2) is 4.34. The molecule has 0 amide bonds. The van der Waals surface area contributed by atoms with E-state index in [1.54, 1.807) is 7.11 Å². The molecular weight excluding hydrogens is 232 g/mol. The highest BCUT2D eigenvalue weighted by atomic mass is 32.2. The van der Waals surface area contributed by atoms with Gasteiger partial charge < -0.3 is 9.72 Å². The van der Waals surface area contributed by atoms with Gasteiger partial charge >= 0.3 is 0 Å². The molecule has 0 bridgehead atoms. The Morgan fingerprint density at radius 3 is 3.20 bits per heavy atom. The van der Waals surface area contributed by atoms with Crippen LogP contribution in [0.4, 0.5) is 0 Å². The summed E-state index contributed by atoms with van der Waals surface area (Å²) in [7, 11) is 1.61. The minimum atomic E-state index is -0.0806.